The molecule has 0 unspecified atom stereocenters. The molecule has 0 saturated heterocycles. The van der Waals surface area contributed by atoms with Gasteiger partial charge in [0.1, 0.15) is 0 Å². The van der Waals surface area contributed by atoms with Crippen molar-refractivity contribution < 1.29 is 4.79 Å². The first-order valence-electron chi connectivity index (χ1n) is 10.1. The van der Waals surface area contributed by atoms with Crippen molar-refractivity contribution >= 4 is 16.9 Å². The summed E-state index contributed by atoms with van der Waals surface area (Å²) in [6.07, 6.45) is 1.68. The second kappa shape index (κ2) is 8.45. The summed E-state index contributed by atoms with van der Waals surface area (Å²) in [5.41, 5.74) is 7.10. The number of nitrogens with zero attached hydrogens (tertiary/aromatic N) is 4. The maximum atomic E-state index is 12.8. The van der Waals surface area contributed by atoms with Crippen LogP contribution in [0.15, 0.2) is 54.6 Å². The van der Waals surface area contributed by atoms with Crippen molar-refractivity contribution in [3.63, 3.8) is 0 Å². The fraction of sp³-hybridized carbons (Fsp3) is 0.250. The lowest BCUT2D eigenvalue weighted by atomic mass is 10.1. The van der Waals surface area contributed by atoms with E-state index in [1.54, 1.807) is 4.90 Å². The lowest BCUT2D eigenvalue weighted by Gasteiger charge is -2.17. The summed E-state index contributed by atoms with van der Waals surface area (Å²) in [7, 11) is 1.83. The molecule has 0 aliphatic carbocycles. The molecule has 0 aliphatic heterocycles. The summed E-state index contributed by atoms with van der Waals surface area (Å²) in [6, 6.07) is 17.7. The SMILES string of the molecule is Cc1nc2ccc(C(=O)N(C)CCCc3cc(-c4ccccc4)n[nH]3)cc2nc1C. The van der Waals surface area contributed by atoms with Crippen molar-refractivity contribution in [3.05, 3.63) is 77.2 Å². The van der Waals surface area contributed by atoms with Crippen LogP contribution in [0.3, 0.4) is 0 Å². The summed E-state index contributed by atoms with van der Waals surface area (Å²) in [6.45, 7) is 4.54. The number of H-pyrrole nitrogens is 1. The molecule has 0 atom stereocenters. The molecule has 2 aromatic carbocycles. The van der Waals surface area contributed by atoms with Crippen LogP contribution in [0.5, 0.6) is 0 Å². The highest BCUT2D eigenvalue weighted by Crippen LogP contribution is 2.18. The van der Waals surface area contributed by atoms with E-state index in [1.807, 2.05) is 69.4 Å². The largest absolute Gasteiger partial charge is 0.342 e. The van der Waals surface area contributed by atoms with E-state index in [0.717, 1.165) is 52.2 Å². The summed E-state index contributed by atoms with van der Waals surface area (Å²) in [5, 5.41) is 7.49. The lowest BCUT2D eigenvalue weighted by molar-refractivity contribution is 0.0793. The number of amides is 1. The van der Waals surface area contributed by atoms with Gasteiger partial charge in [0, 0.05) is 30.4 Å². The van der Waals surface area contributed by atoms with Gasteiger partial charge in [-0.25, -0.2) is 9.97 Å². The third-order valence-electron chi connectivity index (χ3n) is 5.31. The third-order valence-corrected chi connectivity index (χ3v) is 5.31. The number of carbonyl (C=O) groups excluding carboxylic acids is 1. The molecule has 0 bridgehead atoms. The van der Waals surface area contributed by atoms with Crippen molar-refractivity contribution in [2.24, 2.45) is 0 Å². The number of benzene rings is 2. The highest BCUT2D eigenvalue weighted by Gasteiger charge is 2.13. The van der Waals surface area contributed by atoms with E-state index < -0.39 is 0 Å². The maximum absolute atomic E-state index is 12.8. The highest BCUT2D eigenvalue weighted by molar-refractivity contribution is 5.97. The van der Waals surface area contributed by atoms with Crippen LogP contribution in [0.4, 0.5) is 0 Å². The first-order chi connectivity index (χ1) is 14.5. The molecule has 0 fully saturated rings. The highest BCUT2D eigenvalue weighted by atomic mass is 16.2. The first kappa shape index (κ1) is 19.8. The Morgan fingerprint density at radius 3 is 2.47 bits per heavy atom. The van der Waals surface area contributed by atoms with Gasteiger partial charge in [-0.2, -0.15) is 5.10 Å². The molecule has 30 heavy (non-hydrogen) atoms. The Morgan fingerprint density at radius 1 is 0.967 bits per heavy atom. The topological polar surface area (TPSA) is 74.8 Å². The minimum atomic E-state index is -0.00786. The first-order valence-corrected chi connectivity index (χ1v) is 10.1. The summed E-state index contributed by atoms with van der Waals surface area (Å²) < 4.78 is 0. The molecule has 6 nitrogen and oxygen atoms in total. The predicted octanol–water partition coefficient (Wildman–Crippen LogP) is 4.34. The third kappa shape index (κ3) is 4.22. The molecule has 2 aromatic heterocycles. The number of rotatable bonds is 6. The number of aromatic nitrogens is 4. The zero-order chi connectivity index (χ0) is 21.1. The molecule has 152 valence electrons. The number of aryl methyl sites for hydroxylation is 3. The van der Waals surface area contributed by atoms with E-state index in [1.165, 1.54) is 0 Å². The lowest BCUT2D eigenvalue weighted by Crippen LogP contribution is -2.28. The molecule has 6 heteroatoms. The molecule has 2 heterocycles. The second-order valence-electron chi connectivity index (χ2n) is 7.57. The van der Waals surface area contributed by atoms with E-state index in [2.05, 4.69) is 26.2 Å². The van der Waals surface area contributed by atoms with Gasteiger partial charge in [0.05, 0.1) is 28.1 Å². The zero-order valence-corrected chi connectivity index (χ0v) is 17.5. The smallest absolute Gasteiger partial charge is 0.253 e. The fourth-order valence-corrected chi connectivity index (χ4v) is 3.44. The molecule has 4 aromatic rings. The number of hydrogen-bond donors (Lipinski definition) is 1. The van der Waals surface area contributed by atoms with E-state index in [0.29, 0.717) is 12.1 Å². The summed E-state index contributed by atoms with van der Waals surface area (Å²) >= 11 is 0. The standard InChI is InChI=1S/C24H25N5O/c1-16-17(2)26-23-14-19(11-12-21(23)25-16)24(30)29(3)13-7-10-20-15-22(28-27-20)18-8-5-4-6-9-18/h4-6,8-9,11-12,14-15H,7,10,13H2,1-3H3,(H,27,28). The van der Waals surface area contributed by atoms with Crippen LogP contribution in [-0.2, 0) is 6.42 Å². The molecule has 0 aliphatic rings. The van der Waals surface area contributed by atoms with Crippen LogP contribution in [-0.4, -0.2) is 44.6 Å². The van der Waals surface area contributed by atoms with Crippen molar-refractivity contribution in [2.75, 3.05) is 13.6 Å². The van der Waals surface area contributed by atoms with Crippen molar-refractivity contribution in [1.82, 2.24) is 25.1 Å². The average Bonchev–Trinajstić information content (AvgIpc) is 3.23. The monoisotopic (exact) mass is 399 g/mol. The van der Waals surface area contributed by atoms with Gasteiger partial charge in [0.25, 0.3) is 5.91 Å². The van der Waals surface area contributed by atoms with E-state index in [-0.39, 0.29) is 5.91 Å². The minimum Gasteiger partial charge on any atom is -0.342 e. The normalized spacial score (nSPS) is 11.0. The van der Waals surface area contributed by atoms with Gasteiger partial charge in [0.2, 0.25) is 0 Å². The van der Waals surface area contributed by atoms with Crippen LogP contribution in [0.2, 0.25) is 0 Å². The van der Waals surface area contributed by atoms with Crippen molar-refractivity contribution in [1.29, 1.82) is 0 Å². The van der Waals surface area contributed by atoms with Gasteiger partial charge in [0.15, 0.2) is 0 Å². The Bertz CT molecular complexity index is 1180. The van der Waals surface area contributed by atoms with Crippen LogP contribution in [0.1, 0.15) is 33.9 Å². The quantitative estimate of drug-likeness (QED) is 0.523. The number of fused-ring (bicyclic) bond motifs is 1. The van der Waals surface area contributed by atoms with Gasteiger partial charge in [-0.15, -0.1) is 0 Å². The molecule has 0 radical (unpaired) electrons. The van der Waals surface area contributed by atoms with E-state index >= 15 is 0 Å². The second-order valence-corrected chi connectivity index (χ2v) is 7.57. The van der Waals surface area contributed by atoms with Gasteiger partial charge < -0.3 is 4.90 Å². The van der Waals surface area contributed by atoms with E-state index in [9.17, 15) is 4.79 Å². The predicted molar refractivity (Wildman–Crippen MR) is 118 cm³/mol. The fourth-order valence-electron chi connectivity index (χ4n) is 3.44. The van der Waals surface area contributed by atoms with Crippen molar-refractivity contribution in [2.45, 2.75) is 26.7 Å². The molecular weight excluding hydrogens is 374 g/mol. The summed E-state index contributed by atoms with van der Waals surface area (Å²) in [4.78, 5) is 23.7. The molecular formula is C24H25N5O. The van der Waals surface area contributed by atoms with Crippen LogP contribution < -0.4 is 0 Å². The van der Waals surface area contributed by atoms with Crippen LogP contribution in [0, 0.1) is 13.8 Å². The molecule has 1 amide bonds. The molecule has 0 spiro atoms. The maximum Gasteiger partial charge on any atom is 0.253 e. The Balaban J connectivity index is 1.37. The zero-order valence-electron chi connectivity index (χ0n) is 17.5. The Hall–Kier alpha value is -3.54. The minimum absolute atomic E-state index is 0.00786. The van der Waals surface area contributed by atoms with Gasteiger partial charge in [-0.05, 0) is 51.0 Å². The molecule has 1 N–H and O–H groups in total. The number of aromatic amines is 1. The Morgan fingerprint density at radius 2 is 1.70 bits per heavy atom. The Kier molecular flexibility index (Phi) is 5.57. The van der Waals surface area contributed by atoms with Crippen molar-refractivity contribution in [3.8, 4) is 11.3 Å². The average molecular weight is 399 g/mol. The summed E-state index contributed by atoms with van der Waals surface area (Å²) in [5.74, 6) is -0.00786. The number of nitrogens with one attached hydrogen (secondary N) is 1. The van der Waals surface area contributed by atoms with Gasteiger partial charge in [-0.3, -0.25) is 9.89 Å². The van der Waals surface area contributed by atoms with Gasteiger partial charge in [-0.1, -0.05) is 30.3 Å². The van der Waals surface area contributed by atoms with Crippen LogP contribution >= 0.6 is 0 Å². The molecule has 4 rings (SSSR count). The van der Waals surface area contributed by atoms with Crippen LogP contribution in [0.25, 0.3) is 22.3 Å². The van der Waals surface area contributed by atoms with Gasteiger partial charge >= 0.3 is 0 Å². The molecule has 0 saturated carbocycles. The number of hydrogen-bond acceptors (Lipinski definition) is 4. The Labute approximate surface area is 176 Å². The number of carbonyl (C=O) groups is 1. The van der Waals surface area contributed by atoms with E-state index in [4.69, 9.17) is 0 Å².